The number of likely N-dealkylation sites (tertiary alicyclic amines) is 1. The molecule has 3 aromatic rings. The summed E-state index contributed by atoms with van der Waals surface area (Å²) in [6.45, 7) is 5.06. The van der Waals surface area contributed by atoms with E-state index in [0.717, 1.165) is 28.5 Å². The molecule has 0 aliphatic carbocycles. The van der Waals surface area contributed by atoms with Gasteiger partial charge in [-0.15, -0.1) is 0 Å². The van der Waals surface area contributed by atoms with Crippen LogP contribution >= 0.6 is 12.2 Å². The number of anilines is 4. The fourth-order valence-corrected chi connectivity index (χ4v) is 4.21. The zero-order valence-electron chi connectivity index (χ0n) is 20.4. The van der Waals surface area contributed by atoms with Crippen molar-refractivity contribution in [3.8, 4) is 0 Å². The molecule has 4 rings (SSSR count). The number of guanidine groups is 1. The minimum atomic E-state index is -0.263. The van der Waals surface area contributed by atoms with Gasteiger partial charge in [-0.05, 0) is 81.4 Å². The predicted octanol–water partition coefficient (Wildman–Crippen LogP) is 4.20. The standard InChI is InChI=1S/C26H30N8OS/c1-17-16-18(2)29-24(28-17)32-25(34-14-12-19(13-15-34)23(27)35)33-26(36)31-22-10-8-21(9-11-22)30-20-6-4-3-5-7-20/h3-11,16,19,30H,12-15H2,1-2H3,(H2,27,35)(H2,28,29,31,32,33,36). The van der Waals surface area contributed by atoms with Crippen molar-refractivity contribution < 1.29 is 4.79 Å². The minimum Gasteiger partial charge on any atom is -0.369 e. The van der Waals surface area contributed by atoms with Crippen molar-refractivity contribution in [1.82, 2.24) is 14.9 Å². The fraction of sp³-hybridized carbons (Fsp3) is 0.269. The molecule has 5 N–H and O–H groups in total. The molecule has 1 aliphatic heterocycles. The van der Waals surface area contributed by atoms with Gasteiger partial charge in [-0.1, -0.05) is 18.2 Å². The summed E-state index contributed by atoms with van der Waals surface area (Å²) in [4.78, 5) is 27.2. The lowest BCUT2D eigenvalue weighted by Crippen LogP contribution is -2.45. The first-order valence-corrected chi connectivity index (χ1v) is 12.2. The molecule has 1 amide bonds. The predicted molar refractivity (Wildman–Crippen MR) is 148 cm³/mol. The molecule has 0 unspecified atom stereocenters. The second kappa shape index (κ2) is 11.6. The lowest BCUT2D eigenvalue weighted by atomic mass is 9.96. The van der Waals surface area contributed by atoms with Crippen LogP contribution in [0.15, 0.2) is 65.7 Å². The summed E-state index contributed by atoms with van der Waals surface area (Å²) >= 11 is 5.56. The van der Waals surface area contributed by atoms with Crippen LogP contribution in [0.1, 0.15) is 24.2 Å². The van der Waals surface area contributed by atoms with Gasteiger partial charge >= 0.3 is 0 Å². The second-order valence-corrected chi connectivity index (χ2v) is 9.08. The molecule has 0 radical (unpaired) electrons. The minimum absolute atomic E-state index is 0.131. The van der Waals surface area contributed by atoms with Crippen molar-refractivity contribution in [3.05, 3.63) is 72.1 Å². The summed E-state index contributed by atoms with van der Waals surface area (Å²) in [5.74, 6) is 0.583. The van der Waals surface area contributed by atoms with Crippen LogP contribution in [-0.4, -0.2) is 44.9 Å². The topological polar surface area (TPSA) is 121 Å². The summed E-state index contributed by atoms with van der Waals surface area (Å²) in [7, 11) is 0. The highest BCUT2D eigenvalue weighted by molar-refractivity contribution is 7.80. The number of carbonyl (C=O) groups is 1. The van der Waals surface area contributed by atoms with Crippen LogP contribution in [0.4, 0.5) is 23.0 Å². The van der Waals surface area contributed by atoms with Gasteiger partial charge in [-0.25, -0.2) is 9.97 Å². The summed E-state index contributed by atoms with van der Waals surface area (Å²) in [5, 5.41) is 10.1. The average molecular weight is 503 g/mol. The van der Waals surface area contributed by atoms with E-state index in [1.54, 1.807) is 0 Å². The number of nitrogens with one attached hydrogen (secondary N) is 3. The Kier molecular flexibility index (Phi) is 8.06. The van der Waals surface area contributed by atoms with Crippen molar-refractivity contribution in [2.24, 2.45) is 16.6 Å². The van der Waals surface area contributed by atoms with Crippen LogP contribution in [0.5, 0.6) is 0 Å². The Bertz CT molecular complexity index is 1220. The summed E-state index contributed by atoms with van der Waals surface area (Å²) in [6, 6.07) is 19.7. The molecule has 1 saturated heterocycles. The summed E-state index contributed by atoms with van der Waals surface area (Å²) < 4.78 is 0. The average Bonchev–Trinajstić information content (AvgIpc) is 2.85. The number of hydrogen-bond donors (Lipinski definition) is 4. The van der Waals surface area contributed by atoms with Crippen molar-refractivity contribution in [2.75, 3.05) is 29.0 Å². The lowest BCUT2D eigenvalue weighted by Gasteiger charge is -2.32. The Hall–Kier alpha value is -4.05. The fourth-order valence-electron chi connectivity index (χ4n) is 4.01. The van der Waals surface area contributed by atoms with Gasteiger partial charge in [-0.2, -0.15) is 4.99 Å². The highest BCUT2D eigenvalue weighted by Gasteiger charge is 2.25. The zero-order valence-corrected chi connectivity index (χ0v) is 21.2. The molecule has 0 bridgehead atoms. The highest BCUT2D eigenvalue weighted by atomic mass is 32.1. The molecule has 36 heavy (non-hydrogen) atoms. The van der Waals surface area contributed by atoms with E-state index in [9.17, 15) is 4.79 Å². The van der Waals surface area contributed by atoms with E-state index in [1.165, 1.54) is 0 Å². The third-order valence-corrected chi connectivity index (χ3v) is 6.00. The number of primary amides is 1. The van der Waals surface area contributed by atoms with E-state index in [2.05, 4.69) is 30.9 Å². The van der Waals surface area contributed by atoms with Gasteiger partial charge in [0.2, 0.25) is 22.9 Å². The first-order valence-electron chi connectivity index (χ1n) is 11.8. The number of amides is 1. The van der Waals surface area contributed by atoms with Crippen LogP contribution in [0.3, 0.4) is 0 Å². The monoisotopic (exact) mass is 502 g/mol. The van der Waals surface area contributed by atoms with Gasteiger partial charge in [0.05, 0.1) is 0 Å². The van der Waals surface area contributed by atoms with Gasteiger partial charge in [0, 0.05) is 47.5 Å². The van der Waals surface area contributed by atoms with E-state index < -0.39 is 0 Å². The Morgan fingerprint density at radius 2 is 1.53 bits per heavy atom. The third kappa shape index (κ3) is 6.98. The number of nitrogens with zero attached hydrogens (tertiary/aromatic N) is 4. The Balaban J connectivity index is 1.47. The number of thiocarbonyl (C=S) groups is 1. The molecule has 2 heterocycles. The van der Waals surface area contributed by atoms with Crippen molar-refractivity contribution in [2.45, 2.75) is 26.7 Å². The number of benzene rings is 2. The van der Waals surface area contributed by atoms with E-state index in [1.807, 2.05) is 79.4 Å². The molecular formula is C26H30N8OS. The first kappa shape index (κ1) is 25.1. The molecule has 0 spiro atoms. The zero-order chi connectivity index (χ0) is 25.5. The maximum Gasteiger partial charge on any atom is 0.229 e. The molecule has 9 nitrogen and oxygen atoms in total. The lowest BCUT2D eigenvalue weighted by molar-refractivity contribution is -0.122. The van der Waals surface area contributed by atoms with E-state index in [4.69, 9.17) is 18.0 Å². The number of para-hydroxylation sites is 1. The van der Waals surface area contributed by atoms with E-state index in [-0.39, 0.29) is 11.8 Å². The molecular weight excluding hydrogens is 472 g/mol. The van der Waals surface area contributed by atoms with Gasteiger partial charge in [0.1, 0.15) is 0 Å². The highest BCUT2D eigenvalue weighted by Crippen LogP contribution is 2.20. The number of rotatable bonds is 5. The Morgan fingerprint density at radius 1 is 0.944 bits per heavy atom. The van der Waals surface area contributed by atoms with Crippen molar-refractivity contribution in [1.29, 1.82) is 0 Å². The van der Waals surface area contributed by atoms with Gasteiger partial charge in [0.25, 0.3) is 0 Å². The molecule has 1 aromatic heterocycles. The van der Waals surface area contributed by atoms with Crippen LogP contribution in [0, 0.1) is 19.8 Å². The number of hydrogen-bond acceptors (Lipinski definition) is 5. The molecule has 0 atom stereocenters. The van der Waals surface area contributed by atoms with Crippen molar-refractivity contribution in [3.63, 3.8) is 0 Å². The maximum atomic E-state index is 11.6. The van der Waals surface area contributed by atoms with Crippen molar-refractivity contribution >= 4 is 52.2 Å². The number of piperidine rings is 1. The normalized spacial score (nSPS) is 14.3. The quantitative estimate of drug-likeness (QED) is 0.233. The summed E-state index contributed by atoms with van der Waals surface area (Å²) in [6.07, 6.45) is 1.31. The number of aromatic nitrogens is 2. The Labute approximate surface area is 216 Å². The largest absolute Gasteiger partial charge is 0.369 e. The molecule has 1 fully saturated rings. The van der Waals surface area contributed by atoms with Crippen LogP contribution < -0.4 is 21.7 Å². The number of aryl methyl sites for hydroxylation is 2. The number of aliphatic imine (C=N–C) groups is 1. The second-order valence-electron chi connectivity index (χ2n) is 8.70. The molecule has 186 valence electrons. The summed E-state index contributed by atoms with van der Waals surface area (Å²) in [5.41, 5.74) is 10.0. The van der Waals surface area contributed by atoms with Gasteiger partial charge < -0.3 is 21.3 Å². The molecule has 2 aromatic carbocycles. The van der Waals surface area contributed by atoms with E-state index >= 15 is 0 Å². The molecule has 10 heteroatoms. The number of carbonyl (C=O) groups excluding carboxylic acids is 1. The first-order chi connectivity index (χ1) is 17.4. The SMILES string of the molecule is Cc1cc(C)nc(N/C(=N/C(=S)Nc2ccc(Nc3ccccc3)cc2)N2CCC(C(N)=O)CC2)n1. The Morgan fingerprint density at radius 3 is 2.14 bits per heavy atom. The maximum absolute atomic E-state index is 11.6. The third-order valence-electron chi connectivity index (χ3n) is 5.81. The van der Waals surface area contributed by atoms with Crippen LogP contribution in [0.25, 0.3) is 0 Å². The number of nitrogens with two attached hydrogens (primary N) is 1. The van der Waals surface area contributed by atoms with Gasteiger partial charge in [-0.3, -0.25) is 10.1 Å². The van der Waals surface area contributed by atoms with Crippen LogP contribution in [-0.2, 0) is 4.79 Å². The van der Waals surface area contributed by atoms with Crippen LogP contribution in [0.2, 0.25) is 0 Å². The van der Waals surface area contributed by atoms with Gasteiger partial charge in [0.15, 0.2) is 0 Å². The van der Waals surface area contributed by atoms with E-state index in [0.29, 0.717) is 43.0 Å². The molecule has 1 aliphatic rings. The molecule has 0 saturated carbocycles. The smallest absolute Gasteiger partial charge is 0.229 e.